The molecular weight excluding hydrogens is 402 g/mol. The minimum Gasteiger partial charge on any atom is -0.348 e. The third kappa shape index (κ3) is 4.84. The summed E-state index contributed by atoms with van der Waals surface area (Å²) in [6.07, 6.45) is 4.86. The lowest BCUT2D eigenvalue weighted by molar-refractivity contribution is -0.111. The molecule has 0 saturated carbocycles. The molecule has 4 rings (SSSR count). The zero-order valence-corrected chi connectivity index (χ0v) is 18.2. The Hall–Kier alpha value is -3.58. The molecule has 1 aliphatic heterocycles. The number of hydrogen-bond donors (Lipinski definition) is 2. The molecule has 3 heterocycles. The van der Waals surface area contributed by atoms with Crippen LogP contribution in [0.25, 0.3) is 22.2 Å². The summed E-state index contributed by atoms with van der Waals surface area (Å²) >= 11 is 0. The van der Waals surface area contributed by atoms with Crippen LogP contribution in [0.5, 0.6) is 0 Å². The second-order valence-electron chi connectivity index (χ2n) is 7.88. The highest BCUT2D eigenvalue weighted by molar-refractivity contribution is 6.05. The van der Waals surface area contributed by atoms with E-state index in [2.05, 4.69) is 39.0 Å². The molecule has 1 aromatic carbocycles. The zero-order chi connectivity index (χ0) is 22.5. The summed E-state index contributed by atoms with van der Waals surface area (Å²) in [4.78, 5) is 36.1. The highest BCUT2D eigenvalue weighted by Gasteiger charge is 2.21. The number of piperidine rings is 1. The Kier molecular flexibility index (Phi) is 6.56. The summed E-state index contributed by atoms with van der Waals surface area (Å²) in [5, 5.41) is 6.73. The van der Waals surface area contributed by atoms with Crippen LogP contribution in [0.4, 0.5) is 5.69 Å². The Morgan fingerprint density at radius 1 is 1.19 bits per heavy atom. The molecule has 0 atom stereocenters. The van der Waals surface area contributed by atoms with Crippen molar-refractivity contribution in [3.8, 4) is 11.3 Å². The number of anilines is 1. The fourth-order valence-corrected chi connectivity index (χ4v) is 3.96. The van der Waals surface area contributed by atoms with Crippen molar-refractivity contribution in [3.63, 3.8) is 0 Å². The van der Waals surface area contributed by atoms with E-state index in [1.54, 1.807) is 12.3 Å². The molecular formula is C25H27N5O2. The smallest absolute Gasteiger partial charge is 0.270 e. The van der Waals surface area contributed by atoms with E-state index >= 15 is 0 Å². The van der Waals surface area contributed by atoms with Crippen LogP contribution in [-0.2, 0) is 4.79 Å². The van der Waals surface area contributed by atoms with Gasteiger partial charge in [-0.1, -0.05) is 25.6 Å². The largest absolute Gasteiger partial charge is 0.348 e. The summed E-state index contributed by atoms with van der Waals surface area (Å²) in [7, 11) is 0. The van der Waals surface area contributed by atoms with Crippen LogP contribution in [-0.4, -0.2) is 52.4 Å². The molecule has 3 aromatic rings. The maximum absolute atomic E-state index is 12.8. The molecule has 0 radical (unpaired) electrons. The number of amides is 2. The van der Waals surface area contributed by atoms with Gasteiger partial charge >= 0.3 is 0 Å². The number of aromatic nitrogens is 2. The molecule has 2 aromatic heterocycles. The molecule has 1 saturated heterocycles. The van der Waals surface area contributed by atoms with Crippen LogP contribution >= 0.6 is 0 Å². The number of hydrogen-bond acceptors (Lipinski definition) is 5. The van der Waals surface area contributed by atoms with Gasteiger partial charge in [0.1, 0.15) is 5.69 Å². The van der Waals surface area contributed by atoms with Crippen LogP contribution in [0.3, 0.4) is 0 Å². The molecule has 0 spiro atoms. The average Bonchev–Trinajstić information content (AvgIpc) is 2.84. The van der Waals surface area contributed by atoms with Gasteiger partial charge in [0.2, 0.25) is 5.91 Å². The molecule has 164 valence electrons. The molecule has 0 unspecified atom stereocenters. The van der Waals surface area contributed by atoms with Gasteiger partial charge in [-0.15, -0.1) is 0 Å². The van der Waals surface area contributed by atoms with Gasteiger partial charge in [0.15, 0.2) is 0 Å². The monoisotopic (exact) mass is 429 g/mol. The van der Waals surface area contributed by atoms with Crippen molar-refractivity contribution in [1.82, 2.24) is 20.2 Å². The Balaban J connectivity index is 1.56. The molecule has 0 bridgehead atoms. The molecule has 0 aliphatic carbocycles. The van der Waals surface area contributed by atoms with E-state index in [0.717, 1.165) is 48.9 Å². The van der Waals surface area contributed by atoms with Crippen molar-refractivity contribution in [2.45, 2.75) is 25.8 Å². The number of nitrogens with zero attached hydrogens (tertiary/aromatic N) is 3. The van der Waals surface area contributed by atoms with Gasteiger partial charge in [0.05, 0.1) is 16.9 Å². The average molecular weight is 430 g/mol. The molecule has 2 N–H and O–H groups in total. The SMILES string of the molecule is C=CC(=O)Nc1cccc2ncc(-c3cccc(C(=O)NC4CCN(CC)CC4)n3)cc12. The summed E-state index contributed by atoms with van der Waals surface area (Å²) in [6, 6.07) is 13.0. The van der Waals surface area contributed by atoms with E-state index in [1.165, 1.54) is 6.08 Å². The molecule has 7 heteroatoms. The van der Waals surface area contributed by atoms with Gasteiger partial charge < -0.3 is 15.5 Å². The predicted octanol–water partition coefficient (Wildman–Crippen LogP) is 3.64. The van der Waals surface area contributed by atoms with Gasteiger partial charge in [-0.2, -0.15) is 0 Å². The second-order valence-corrected chi connectivity index (χ2v) is 7.88. The zero-order valence-electron chi connectivity index (χ0n) is 18.2. The van der Waals surface area contributed by atoms with Crippen molar-refractivity contribution in [1.29, 1.82) is 0 Å². The molecule has 7 nitrogen and oxygen atoms in total. The quantitative estimate of drug-likeness (QED) is 0.584. The van der Waals surface area contributed by atoms with E-state index in [1.807, 2.05) is 36.4 Å². The minimum atomic E-state index is -0.288. The first kappa shape index (κ1) is 21.6. The number of likely N-dealkylation sites (tertiary alicyclic amines) is 1. The second kappa shape index (κ2) is 9.70. The summed E-state index contributed by atoms with van der Waals surface area (Å²) in [6.45, 7) is 8.71. The number of pyridine rings is 2. The number of benzene rings is 1. The lowest BCUT2D eigenvalue weighted by atomic mass is 10.0. The van der Waals surface area contributed by atoms with Crippen LogP contribution in [0, 0.1) is 0 Å². The predicted molar refractivity (Wildman–Crippen MR) is 126 cm³/mol. The summed E-state index contributed by atoms with van der Waals surface area (Å²) in [5.74, 6) is -0.445. The van der Waals surface area contributed by atoms with Gasteiger partial charge in [-0.05, 0) is 55.8 Å². The summed E-state index contributed by atoms with van der Waals surface area (Å²) < 4.78 is 0. The molecule has 2 amide bonds. The van der Waals surface area contributed by atoms with Crippen LogP contribution in [0.1, 0.15) is 30.3 Å². The number of carbonyl (C=O) groups is 2. The lowest BCUT2D eigenvalue weighted by Crippen LogP contribution is -2.44. The van der Waals surface area contributed by atoms with Crippen molar-refractivity contribution >= 4 is 28.4 Å². The first-order chi connectivity index (χ1) is 15.6. The van der Waals surface area contributed by atoms with Crippen LogP contribution < -0.4 is 10.6 Å². The minimum absolute atomic E-state index is 0.158. The van der Waals surface area contributed by atoms with E-state index in [4.69, 9.17) is 0 Å². The highest BCUT2D eigenvalue weighted by atomic mass is 16.2. The van der Waals surface area contributed by atoms with Gasteiger partial charge in [0, 0.05) is 36.3 Å². The number of carbonyl (C=O) groups excluding carboxylic acids is 2. The number of fused-ring (bicyclic) bond motifs is 1. The highest BCUT2D eigenvalue weighted by Crippen LogP contribution is 2.27. The summed E-state index contributed by atoms with van der Waals surface area (Å²) in [5.41, 5.74) is 3.20. The molecule has 1 fully saturated rings. The van der Waals surface area contributed by atoms with Crippen molar-refractivity contribution in [3.05, 3.63) is 67.0 Å². The Morgan fingerprint density at radius 2 is 1.97 bits per heavy atom. The Labute approximate surface area is 187 Å². The van der Waals surface area contributed by atoms with E-state index in [-0.39, 0.29) is 17.9 Å². The van der Waals surface area contributed by atoms with Crippen molar-refractivity contribution < 1.29 is 9.59 Å². The topological polar surface area (TPSA) is 87.2 Å². The maximum atomic E-state index is 12.8. The number of nitrogens with one attached hydrogen (secondary N) is 2. The van der Waals surface area contributed by atoms with E-state index in [0.29, 0.717) is 17.1 Å². The maximum Gasteiger partial charge on any atom is 0.270 e. The normalized spacial score (nSPS) is 14.8. The van der Waals surface area contributed by atoms with Crippen LogP contribution in [0.15, 0.2) is 61.3 Å². The first-order valence-electron chi connectivity index (χ1n) is 10.9. The Bertz CT molecular complexity index is 1150. The van der Waals surface area contributed by atoms with E-state index < -0.39 is 0 Å². The third-order valence-corrected chi connectivity index (χ3v) is 5.82. The number of rotatable bonds is 6. The fraction of sp³-hybridized carbons (Fsp3) is 0.280. The Morgan fingerprint density at radius 3 is 2.72 bits per heavy atom. The first-order valence-corrected chi connectivity index (χ1v) is 10.9. The van der Waals surface area contributed by atoms with Gasteiger partial charge in [-0.25, -0.2) is 4.98 Å². The lowest BCUT2D eigenvalue weighted by Gasteiger charge is -2.31. The van der Waals surface area contributed by atoms with E-state index in [9.17, 15) is 9.59 Å². The van der Waals surface area contributed by atoms with Crippen molar-refractivity contribution in [2.75, 3.05) is 25.0 Å². The molecule has 32 heavy (non-hydrogen) atoms. The third-order valence-electron chi connectivity index (χ3n) is 5.82. The van der Waals surface area contributed by atoms with Gasteiger partial charge in [0.25, 0.3) is 5.91 Å². The van der Waals surface area contributed by atoms with Crippen LogP contribution in [0.2, 0.25) is 0 Å². The standard InChI is InChI=1S/C25H27N5O2/c1-3-24(31)29-22-9-6-8-21-19(22)15-17(16-26-21)20-7-5-10-23(28-20)25(32)27-18-11-13-30(4-2)14-12-18/h3,5-10,15-16,18H,1,4,11-14H2,2H3,(H,27,32)(H,29,31). The molecule has 1 aliphatic rings. The van der Waals surface area contributed by atoms with Crippen molar-refractivity contribution in [2.24, 2.45) is 0 Å². The fourth-order valence-electron chi connectivity index (χ4n) is 3.96. The van der Waals surface area contributed by atoms with Gasteiger partial charge in [-0.3, -0.25) is 14.6 Å².